The van der Waals surface area contributed by atoms with Gasteiger partial charge in [-0.15, -0.1) is 11.3 Å². The zero-order valence-corrected chi connectivity index (χ0v) is 19.3. The lowest BCUT2D eigenvalue weighted by Gasteiger charge is -2.34. The Labute approximate surface area is 194 Å². The highest BCUT2D eigenvalue weighted by Gasteiger charge is 2.22. The number of anilines is 1. The fraction of sp³-hybridized carbons (Fsp3) is 0.261. The Morgan fingerprint density at radius 2 is 1.84 bits per heavy atom. The third-order valence-electron chi connectivity index (χ3n) is 5.44. The van der Waals surface area contributed by atoms with E-state index in [1.807, 2.05) is 53.4 Å². The minimum Gasteiger partial charge on any atom is -0.497 e. The number of piperazine rings is 1. The SMILES string of the molecule is COc1ccc(-c2nc(CN3CCN(C(=O)Nc4nc5ccccc5s4)CC3)cs2)cc1. The van der Waals surface area contributed by atoms with Crippen LogP contribution in [0.4, 0.5) is 9.93 Å². The lowest BCUT2D eigenvalue weighted by molar-refractivity contribution is 0.142. The van der Waals surface area contributed by atoms with Gasteiger partial charge in [-0.25, -0.2) is 14.8 Å². The number of para-hydroxylation sites is 1. The number of benzene rings is 2. The molecule has 2 aromatic heterocycles. The van der Waals surface area contributed by atoms with E-state index in [0.29, 0.717) is 18.2 Å². The number of amides is 2. The van der Waals surface area contributed by atoms with Gasteiger partial charge in [0, 0.05) is 43.7 Å². The van der Waals surface area contributed by atoms with Crippen molar-refractivity contribution >= 4 is 44.1 Å². The summed E-state index contributed by atoms with van der Waals surface area (Å²) in [6, 6.07) is 15.8. The van der Waals surface area contributed by atoms with Crippen molar-refractivity contribution < 1.29 is 9.53 Å². The molecule has 1 saturated heterocycles. The van der Waals surface area contributed by atoms with Crippen LogP contribution in [-0.4, -0.2) is 59.1 Å². The third kappa shape index (κ3) is 4.59. The molecule has 0 spiro atoms. The second-order valence-corrected chi connectivity index (χ2v) is 9.44. The second kappa shape index (κ2) is 9.23. The van der Waals surface area contributed by atoms with Crippen molar-refractivity contribution in [3.63, 3.8) is 0 Å². The van der Waals surface area contributed by atoms with Crippen molar-refractivity contribution in [2.24, 2.45) is 0 Å². The number of carbonyl (C=O) groups is 1. The van der Waals surface area contributed by atoms with Gasteiger partial charge in [0.1, 0.15) is 10.8 Å². The summed E-state index contributed by atoms with van der Waals surface area (Å²) in [5, 5.41) is 6.72. The van der Waals surface area contributed by atoms with Crippen LogP contribution < -0.4 is 10.1 Å². The zero-order valence-electron chi connectivity index (χ0n) is 17.7. The summed E-state index contributed by atoms with van der Waals surface area (Å²) in [5.74, 6) is 0.843. The standard InChI is InChI=1S/C23H23N5O2S2/c1-30-18-8-6-16(7-9-18)21-24-17(15-31-21)14-27-10-12-28(13-11-27)23(29)26-22-25-19-4-2-3-5-20(19)32-22/h2-9,15H,10-14H2,1H3,(H,25,26,29). The van der Waals surface area contributed by atoms with E-state index >= 15 is 0 Å². The molecule has 164 valence electrons. The highest BCUT2D eigenvalue weighted by Crippen LogP contribution is 2.27. The number of methoxy groups -OCH3 is 1. The van der Waals surface area contributed by atoms with Gasteiger partial charge in [0.05, 0.1) is 23.0 Å². The maximum Gasteiger partial charge on any atom is 0.323 e. The summed E-state index contributed by atoms with van der Waals surface area (Å²) >= 11 is 3.15. The Morgan fingerprint density at radius 3 is 2.59 bits per heavy atom. The molecule has 1 fully saturated rings. The number of aromatic nitrogens is 2. The first-order valence-electron chi connectivity index (χ1n) is 10.4. The number of nitrogens with zero attached hydrogens (tertiary/aromatic N) is 4. The number of thiazole rings is 2. The molecule has 1 aliphatic rings. The van der Waals surface area contributed by atoms with Crippen LogP contribution in [0.25, 0.3) is 20.8 Å². The maximum atomic E-state index is 12.7. The molecule has 2 aromatic carbocycles. The van der Waals surface area contributed by atoms with Gasteiger partial charge in [0.15, 0.2) is 5.13 Å². The van der Waals surface area contributed by atoms with Gasteiger partial charge >= 0.3 is 6.03 Å². The Hall–Kier alpha value is -3.01. The van der Waals surface area contributed by atoms with E-state index in [0.717, 1.165) is 51.9 Å². The van der Waals surface area contributed by atoms with E-state index in [-0.39, 0.29) is 6.03 Å². The molecule has 2 amide bonds. The first-order chi connectivity index (χ1) is 15.7. The molecule has 0 aliphatic carbocycles. The molecule has 0 saturated carbocycles. The van der Waals surface area contributed by atoms with Gasteiger partial charge < -0.3 is 9.64 Å². The van der Waals surface area contributed by atoms with Crippen molar-refractivity contribution in [3.05, 3.63) is 59.6 Å². The average Bonchev–Trinajstić information content (AvgIpc) is 3.46. The van der Waals surface area contributed by atoms with E-state index < -0.39 is 0 Å². The average molecular weight is 466 g/mol. The fourth-order valence-electron chi connectivity index (χ4n) is 3.68. The summed E-state index contributed by atoms with van der Waals surface area (Å²) < 4.78 is 6.30. The van der Waals surface area contributed by atoms with E-state index in [9.17, 15) is 4.79 Å². The molecule has 32 heavy (non-hydrogen) atoms. The molecule has 1 aliphatic heterocycles. The Morgan fingerprint density at radius 1 is 1.06 bits per heavy atom. The zero-order chi connectivity index (χ0) is 21.9. The van der Waals surface area contributed by atoms with E-state index in [1.165, 1.54) is 11.3 Å². The Balaban J connectivity index is 1.13. The lowest BCUT2D eigenvalue weighted by Crippen LogP contribution is -2.49. The van der Waals surface area contributed by atoms with Gasteiger partial charge in [-0.2, -0.15) is 0 Å². The minimum absolute atomic E-state index is 0.0841. The first-order valence-corrected chi connectivity index (χ1v) is 12.1. The van der Waals surface area contributed by atoms with E-state index in [4.69, 9.17) is 9.72 Å². The number of urea groups is 1. The molecule has 0 unspecified atom stereocenters. The van der Waals surface area contributed by atoms with E-state index in [1.54, 1.807) is 18.4 Å². The quantitative estimate of drug-likeness (QED) is 0.459. The molecule has 7 nitrogen and oxygen atoms in total. The van der Waals surface area contributed by atoms with Crippen LogP contribution in [0.3, 0.4) is 0 Å². The molecule has 0 atom stereocenters. The van der Waals surface area contributed by atoms with Gasteiger partial charge in [-0.3, -0.25) is 10.2 Å². The van der Waals surface area contributed by atoms with Crippen molar-refractivity contribution in [3.8, 4) is 16.3 Å². The number of nitrogens with one attached hydrogen (secondary N) is 1. The Bertz CT molecular complexity index is 1180. The molecule has 9 heteroatoms. The third-order valence-corrected chi connectivity index (χ3v) is 7.33. The number of ether oxygens (including phenoxy) is 1. The van der Waals surface area contributed by atoms with Gasteiger partial charge in [-0.05, 0) is 36.4 Å². The summed E-state index contributed by atoms with van der Waals surface area (Å²) in [6.45, 7) is 3.81. The summed E-state index contributed by atoms with van der Waals surface area (Å²) in [4.78, 5) is 26.1. The molecule has 3 heterocycles. The summed E-state index contributed by atoms with van der Waals surface area (Å²) in [6.07, 6.45) is 0. The number of hydrogen-bond acceptors (Lipinski definition) is 7. The predicted octanol–water partition coefficient (Wildman–Crippen LogP) is 4.78. The van der Waals surface area contributed by atoms with Crippen LogP contribution >= 0.6 is 22.7 Å². The number of hydrogen-bond donors (Lipinski definition) is 1. The smallest absolute Gasteiger partial charge is 0.323 e. The largest absolute Gasteiger partial charge is 0.497 e. The maximum absolute atomic E-state index is 12.7. The first kappa shape index (κ1) is 20.9. The Kier molecular flexibility index (Phi) is 6.02. The molecule has 1 N–H and O–H groups in total. The van der Waals surface area contributed by atoms with Crippen LogP contribution in [-0.2, 0) is 6.54 Å². The van der Waals surface area contributed by atoms with Gasteiger partial charge in [0.25, 0.3) is 0 Å². The fourth-order valence-corrected chi connectivity index (χ4v) is 5.35. The monoisotopic (exact) mass is 465 g/mol. The van der Waals surface area contributed by atoms with Crippen LogP contribution in [0.5, 0.6) is 5.75 Å². The second-order valence-electron chi connectivity index (χ2n) is 7.55. The van der Waals surface area contributed by atoms with Crippen molar-refractivity contribution in [1.82, 2.24) is 19.8 Å². The number of fused-ring (bicyclic) bond motifs is 1. The minimum atomic E-state index is -0.0841. The van der Waals surface area contributed by atoms with Crippen molar-refractivity contribution in [1.29, 1.82) is 0 Å². The van der Waals surface area contributed by atoms with Crippen molar-refractivity contribution in [2.75, 3.05) is 38.6 Å². The number of carbonyl (C=O) groups excluding carboxylic acids is 1. The van der Waals surface area contributed by atoms with Gasteiger partial charge in [-0.1, -0.05) is 23.5 Å². The number of rotatable bonds is 5. The van der Waals surface area contributed by atoms with Crippen molar-refractivity contribution in [2.45, 2.75) is 6.54 Å². The molecular formula is C23H23N5O2S2. The topological polar surface area (TPSA) is 70.6 Å². The summed E-state index contributed by atoms with van der Waals surface area (Å²) in [7, 11) is 1.67. The highest BCUT2D eigenvalue weighted by atomic mass is 32.1. The molecular weight excluding hydrogens is 442 g/mol. The van der Waals surface area contributed by atoms with E-state index in [2.05, 4.69) is 20.6 Å². The lowest BCUT2D eigenvalue weighted by atomic mass is 10.2. The molecule has 0 radical (unpaired) electrons. The van der Waals surface area contributed by atoms with Crippen LogP contribution in [0.1, 0.15) is 5.69 Å². The van der Waals surface area contributed by atoms with Gasteiger partial charge in [0.2, 0.25) is 0 Å². The highest BCUT2D eigenvalue weighted by molar-refractivity contribution is 7.22. The van der Waals surface area contributed by atoms with Crippen LogP contribution in [0.15, 0.2) is 53.9 Å². The molecule has 0 bridgehead atoms. The summed E-state index contributed by atoms with van der Waals surface area (Å²) in [5.41, 5.74) is 3.07. The predicted molar refractivity (Wildman–Crippen MR) is 130 cm³/mol. The van der Waals surface area contributed by atoms with Crippen LogP contribution in [0.2, 0.25) is 0 Å². The molecule has 4 aromatic rings. The molecule has 5 rings (SSSR count). The normalized spacial score (nSPS) is 14.6. The van der Waals surface area contributed by atoms with Crippen LogP contribution in [0, 0.1) is 0 Å².